The number of aromatic nitrogens is 1. The number of amidine groups is 1. The van der Waals surface area contributed by atoms with Gasteiger partial charge >= 0.3 is 0 Å². The fourth-order valence-corrected chi connectivity index (χ4v) is 1.42. The highest BCUT2D eigenvalue weighted by Crippen LogP contribution is 2.16. The number of anilines is 1. The van der Waals surface area contributed by atoms with Gasteiger partial charge in [0, 0.05) is 26.4 Å². The molecule has 1 aromatic heterocycles. The lowest BCUT2D eigenvalue weighted by Gasteiger charge is -2.20. The van der Waals surface area contributed by atoms with E-state index < -0.39 is 0 Å². The molecule has 0 radical (unpaired) electrons. The van der Waals surface area contributed by atoms with Crippen LogP contribution in [0.3, 0.4) is 0 Å². The van der Waals surface area contributed by atoms with Gasteiger partial charge in [0.25, 0.3) is 0 Å². The van der Waals surface area contributed by atoms with Gasteiger partial charge in [0.2, 0.25) is 0 Å². The molecule has 17 heavy (non-hydrogen) atoms. The Morgan fingerprint density at radius 1 is 1.65 bits per heavy atom. The summed E-state index contributed by atoms with van der Waals surface area (Å²) in [5.41, 5.74) is 6.84. The van der Waals surface area contributed by atoms with Crippen LogP contribution >= 0.6 is 0 Å². The highest BCUT2D eigenvalue weighted by Gasteiger charge is 2.11. The molecule has 0 unspecified atom stereocenters. The first-order valence-corrected chi connectivity index (χ1v) is 5.42. The van der Waals surface area contributed by atoms with Crippen molar-refractivity contribution in [1.82, 2.24) is 4.98 Å². The van der Waals surface area contributed by atoms with Crippen molar-refractivity contribution >= 4 is 11.5 Å². The largest absolute Gasteiger partial charge is 0.409 e. The van der Waals surface area contributed by atoms with Crippen molar-refractivity contribution < 1.29 is 9.94 Å². The van der Waals surface area contributed by atoms with Crippen molar-refractivity contribution in [3.8, 4) is 0 Å². The molecule has 0 aliphatic rings. The molecule has 0 atom stereocenters. The van der Waals surface area contributed by atoms with E-state index in [0.717, 1.165) is 5.69 Å². The molecule has 1 aromatic rings. The summed E-state index contributed by atoms with van der Waals surface area (Å²) in [5, 5.41) is 11.7. The maximum atomic E-state index is 8.69. The Balaban J connectivity index is 2.82. The summed E-state index contributed by atoms with van der Waals surface area (Å²) >= 11 is 0. The van der Waals surface area contributed by atoms with Crippen LogP contribution in [0.25, 0.3) is 0 Å². The molecule has 0 saturated heterocycles. The van der Waals surface area contributed by atoms with E-state index in [-0.39, 0.29) is 5.84 Å². The fraction of sp³-hybridized carbons (Fsp3) is 0.455. The molecule has 0 aliphatic carbocycles. The quantitative estimate of drug-likeness (QED) is 0.250. The Morgan fingerprint density at radius 2 is 2.41 bits per heavy atom. The van der Waals surface area contributed by atoms with Gasteiger partial charge in [0.15, 0.2) is 5.84 Å². The molecule has 6 heteroatoms. The van der Waals surface area contributed by atoms with Crippen LogP contribution in [0, 0.1) is 0 Å². The lowest BCUT2D eigenvalue weighted by Crippen LogP contribution is -2.27. The number of nitrogens with zero attached hydrogens (tertiary/aromatic N) is 3. The zero-order valence-corrected chi connectivity index (χ0v) is 10.1. The van der Waals surface area contributed by atoms with Gasteiger partial charge in [-0.05, 0) is 19.1 Å². The van der Waals surface area contributed by atoms with Crippen LogP contribution in [0.1, 0.15) is 12.6 Å². The molecule has 3 N–H and O–H groups in total. The molecular formula is C11H18N4O2. The summed E-state index contributed by atoms with van der Waals surface area (Å²) < 4.78 is 5.28. The monoisotopic (exact) mass is 238 g/mol. The third kappa shape index (κ3) is 3.60. The van der Waals surface area contributed by atoms with Gasteiger partial charge in [0.1, 0.15) is 5.69 Å². The molecule has 0 aliphatic heterocycles. The van der Waals surface area contributed by atoms with E-state index in [9.17, 15) is 0 Å². The Hall–Kier alpha value is -1.82. The smallest absolute Gasteiger partial charge is 0.190 e. The van der Waals surface area contributed by atoms with Crippen molar-refractivity contribution in [1.29, 1.82) is 0 Å². The normalized spacial score (nSPS) is 11.5. The van der Waals surface area contributed by atoms with Crippen LogP contribution in [0.15, 0.2) is 23.5 Å². The number of oxime groups is 1. The number of ether oxygens (including phenoxy) is 1. The van der Waals surface area contributed by atoms with Gasteiger partial charge in [0.05, 0.1) is 12.3 Å². The van der Waals surface area contributed by atoms with Gasteiger partial charge in [-0.3, -0.25) is 4.98 Å². The van der Waals surface area contributed by atoms with Crippen molar-refractivity contribution in [3.05, 3.63) is 24.0 Å². The first kappa shape index (κ1) is 13.2. The van der Waals surface area contributed by atoms with Crippen LogP contribution in [-0.2, 0) is 4.74 Å². The third-order valence-electron chi connectivity index (χ3n) is 2.32. The Morgan fingerprint density at radius 3 is 3.06 bits per heavy atom. The van der Waals surface area contributed by atoms with Crippen LogP contribution in [0.5, 0.6) is 0 Å². The highest BCUT2D eigenvalue weighted by atomic mass is 16.5. The predicted molar refractivity (Wildman–Crippen MR) is 66.5 cm³/mol. The minimum Gasteiger partial charge on any atom is -0.409 e. The Bertz CT molecular complexity index is 381. The molecule has 1 heterocycles. The van der Waals surface area contributed by atoms with Crippen molar-refractivity contribution in [2.75, 3.05) is 31.7 Å². The van der Waals surface area contributed by atoms with Gasteiger partial charge in [-0.15, -0.1) is 0 Å². The topological polar surface area (TPSA) is 84.0 Å². The van der Waals surface area contributed by atoms with Crippen LogP contribution < -0.4 is 10.6 Å². The van der Waals surface area contributed by atoms with E-state index in [4.69, 9.17) is 15.7 Å². The number of rotatable bonds is 6. The van der Waals surface area contributed by atoms with Crippen molar-refractivity contribution in [2.24, 2.45) is 10.9 Å². The second-order valence-corrected chi connectivity index (χ2v) is 3.47. The van der Waals surface area contributed by atoms with Gasteiger partial charge < -0.3 is 20.6 Å². The summed E-state index contributed by atoms with van der Waals surface area (Å²) in [4.78, 5) is 6.05. The maximum absolute atomic E-state index is 8.69. The number of nitrogens with two attached hydrogens (primary N) is 1. The molecule has 0 fully saturated rings. The molecule has 0 saturated carbocycles. The second-order valence-electron chi connectivity index (χ2n) is 3.47. The summed E-state index contributed by atoms with van der Waals surface area (Å²) in [7, 11) is 1.91. The molecule has 0 spiro atoms. The number of pyridine rings is 1. The van der Waals surface area contributed by atoms with Crippen molar-refractivity contribution in [3.63, 3.8) is 0 Å². The van der Waals surface area contributed by atoms with Gasteiger partial charge in [-0.1, -0.05) is 5.16 Å². The average Bonchev–Trinajstić information content (AvgIpc) is 2.38. The van der Waals surface area contributed by atoms with Crippen LogP contribution in [0.2, 0.25) is 0 Å². The fourth-order valence-electron chi connectivity index (χ4n) is 1.42. The number of hydrogen-bond donors (Lipinski definition) is 2. The number of hydrogen-bond acceptors (Lipinski definition) is 5. The lowest BCUT2D eigenvalue weighted by atomic mass is 10.2. The molecule has 6 nitrogen and oxygen atoms in total. The lowest BCUT2D eigenvalue weighted by molar-refractivity contribution is 0.154. The minimum atomic E-state index is 0.00357. The molecule has 0 amide bonds. The minimum absolute atomic E-state index is 0.00357. The molecule has 1 rings (SSSR count). The third-order valence-corrected chi connectivity index (χ3v) is 2.32. The highest BCUT2D eigenvalue weighted by molar-refractivity contribution is 6.00. The predicted octanol–water partition coefficient (Wildman–Crippen LogP) is 0.649. The van der Waals surface area contributed by atoms with Crippen molar-refractivity contribution in [2.45, 2.75) is 6.92 Å². The van der Waals surface area contributed by atoms with E-state index >= 15 is 0 Å². The number of likely N-dealkylation sites (N-methyl/N-ethyl adjacent to an activating group) is 1. The summed E-state index contributed by atoms with van der Waals surface area (Å²) in [5.74, 6) is 0.00357. The zero-order chi connectivity index (χ0) is 12.7. The van der Waals surface area contributed by atoms with E-state index in [1.165, 1.54) is 0 Å². The Kier molecular flexibility index (Phi) is 5.22. The maximum Gasteiger partial charge on any atom is 0.190 e. The van der Waals surface area contributed by atoms with E-state index in [0.29, 0.717) is 25.5 Å². The Labute approximate surface area is 101 Å². The second kappa shape index (κ2) is 6.70. The van der Waals surface area contributed by atoms with Gasteiger partial charge in [-0.25, -0.2) is 0 Å². The zero-order valence-electron chi connectivity index (χ0n) is 10.1. The van der Waals surface area contributed by atoms with Crippen LogP contribution in [-0.4, -0.2) is 42.8 Å². The summed E-state index contributed by atoms with van der Waals surface area (Å²) in [6.07, 6.45) is 1.60. The molecular weight excluding hydrogens is 220 g/mol. The van der Waals surface area contributed by atoms with E-state index in [1.807, 2.05) is 24.9 Å². The van der Waals surface area contributed by atoms with E-state index in [1.54, 1.807) is 12.3 Å². The first-order valence-electron chi connectivity index (χ1n) is 5.42. The standard InChI is InChI=1S/C11H18N4O2/c1-3-17-8-7-15(2)9-5-4-6-13-10(9)11(12)14-16/h4-6,16H,3,7-8H2,1-2H3,(H2,12,14). The average molecular weight is 238 g/mol. The van der Waals surface area contributed by atoms with Crippen LogP contribution in [0.4, 0.5) is 5.69 Å². The SMILES string of the molecule is CCOCCN(C)c1cccnc1/C(N)=N/O. The molecule has 94 valence electrons. The van der Waals surface area contributed by atoms with Gasteiger partial charge in [-0.2, -0.15) is 0 Å². The molecule has 0 aromatic carbocycles. The summed E-state index contributed by atoms with van der Waals surface area (Å²) in [6, 6.07) is 3.67. The van der Waals surface area contributed by atoms with E-state index in [2.05, 4.69) is 10.1 Å². The first-order chi connectivity index (χ1) is 8.20. The summed E-state index contributed by atoms with van der Waals surface area (Å²) in [6.45, 7) is 3.97. The molecule has 0 bridgehead atoms.